The van der Waals surface area contributed by atoms with E-state index >= 15 is 0 Å². The normalized spacial score (nSPS) is 10.8. The maximum Gasteiger partial charge on any atom is 0.281 e. The molecule has 0 radical (unpaired) electrons. The largest absolute Gasteiger partial charge is 0.440 e. The van der Waals surface area contributed by atoms with E-state index in [0.29, 0.717) is 23.5 Å². The van der Waals surface area contributed by atoms with Crippen LogP contribution in [-0.4, -0.2) is 34.9 Å². The van der Waals surface area contributed by atoms with Crippen LogP contribution in [0.3, 0.4) is 0 Å². The Morgan fingerprint density at radius 3 is 2.36 bits per heavy atom. The lowest BCUT2D eigenvalue weighted by Gasteiger charge is -2.20. The maximum atomic E-state index is 14.9. The summed E-state index contributed by atoms with van der Waals surface area (Å²) in [4.78, 5) is 25.9. The van der Waals surface area contributed by atoms with Crippen LogP contribution in [0.25, 0.3) is 0 Å². The Kier molecular flexibility index (Phi) is 8.12. The molecule has 0 aliphatic carbocycles. The fourth-order valence-corrected chi connectivity index (χ4v) is 3.23. The number of anilines is 3. The second kappa shape index (κ2) is 11.2. The Balaban J connectivity index is 1.88. The van der Waals surface area contributed by atoms with Gasteiger partial charge in [0.2, 0.25) is 11.8 Å². The number of nitrogen functional groups attached to an aromatic ring is 3. The Morgan fingerprint density at radius 1 is 1.14 bits per heavy atom. The highest BCUT2D eigenvalue weighted by molar-refractivity contribution is 5.94. The highest BCUT2D eigenvalue weighted by atomic mass is 19.1. The summed E-state index contributed by atoms with van der Waals surface area (Å²) < 4.78 is 21.6. The van der Waals surface area contributed by atoms with Crippen molar-refractivity contribution in [1.29, 1.82) is 5.41 Å². The third-order valence-corrected chi connectivity index (χ3v) is 5.22. The summed E-state index contributed by atoms with van der Waals surface area (Å²) in [5.74, 6) is -1.44. The molecule has 0 aliphatic rings. The van der Waals surface area contributed by atoms with Crippen LogP contribution in [-0.2, 0) is 17.9 Å². The SMILES string of the molecule is CCN(C)Nc1c(F)cc(Oc2cc(N)cc(N)c2)n(CC(=O)NCc2ccc(C(=N)N)cc2)c1=O. The number of halogens is 1. The Labute approximate surface area is 207 Å². The zero-order chi connectivity index (χ0) is 26.4. The van der Waals surface area contributed by atoms with Gasteiger partial charge in [-0.15, -0.1) is 0 Å². The van der Waals surface area contributed by atoms with Gasteiger partial charge in [-0.3, -0.25) is 19.6 Å². The average molecular weight is 497 g/mol. The lowest BCUT2D eigenvalue weighted by Crippen LogP contribution is -2.36. The molecule has 0 atom stereocenters. The number of amidine groups is 1. The standard InChI is InChI=1S/C24H29FN8O3/c1-3-32(2)31-22-19(25)11-21(36-18-9-16(26)8-17(27)10-18)33(24(22)35)13-20(34)30-12-14-4-6-15(7-5-14)23(28)29/h4-11,31H,3,12-13,26-27H2,1-2H3,(H3,28,29)(H,30,34). The summed E-state index contributed by atoms with van der Waals surface area (Å²) in [5.41, 5.74) is 20.6. The van der Waals surface area contributed by atoms with Crippen molar-refractivity contribution in [2.24, 2.45) is 5.73 Å². The molecule has 1 amide bonds. The van der Waals surface area contributed by atoms with Gasteiger partial charge >= 0.3 is 0 Å². The van der Waals surface area contributed by atoms with E-state index in [1.807, 2.05) is 6.92 Å². The van der Waals surface area contributed by atoms with Crippen LogP contribution in [0.1, 0.15) is 18.1 Å². The van der Waals surface area contributed by atoms with Gasteiger partial charge < -0.3 is 32.7 Å². The Morgan fingerprint density at radius 2 is 1.78 bits per heavy atom. The summed E-state index contributed by atoms with van der Waals surface area (Å²) in [6.45, 7) is 2.03. The van der Waals surface area contributed by atoms with E-state index in [0.717, 1.165) is 16.2 Å². The summed E-state index contributed by atoms with van der Waals surface area (Å²) >= 11 is 0. The number of rotatable bonds is 10. The van der Waals surface area contributed by atoms with Crippen LogP contribution in [0.5, 0.6) is 11.6 Å². The number of hydrogen-bond donors (Lipinski definition) is 6. The van der Waals surface area contributed by atoms with Gasteiger partial charge in [0, 0.05) is 55.3 Å². The number of ether oxygens (including phenoxy) is 1. The molecule has 9 N–H and O–H groups in total. The first-order chi connectivity index (χ1) is 17.1. The topological polar surface area (TPSA) is 178 Å². The molecule has 190 valence electrons. The molecule has 3 aromatic rings. The van der Waals surface area contributed by atoms with Crippen LogP contribution in [0.4, 0.5) is 21.5 Å². The fraction of sp³-hybridized carbons (Fsp3) is 0.208. The van der Waals surface area contributed by atoms with E-state index in [2.05, 4.69) is 10.7 Å². The monoisotopic (exact) mass is 496 g/mol. The van der Waals surface area contributed by atoms with Crippen molar-refractivity contribution in [2.75, 3.05) is 30.5 Å². The molecule has 0 aliphatic heterocycles. The molecule has 0 bridgehead atoms. The molecule has 0 spiro atoms. The van der Waals surface area contributed by atoms with Gasteiger partial charge in [-0.2, -0.15) is 0 Å². The molecule has 0 unspecified atom stereocenters. The number of amides is 1. The van der Waals surface area contributed by atoms with Crippen LogP contribution in [0.15, 0.2) is 53.3 Å². The number of carbonyl (C=O) groups excluding carboxylic acids is 1. The van der Waals surface area contributed by atoms with Gasteiger partial charge in [0.25, 0.3) is 5.56 Å². The minimum absolute atomic E-state index is 0.0612. The van der Waals surface area contributed by atoms with E-state index < -0.39 is 23.8 Å². The lowest BCUT2D eigenvalue weighted by molar-refractivity contribution is -0.121. The zero-order valence-corrected chi connectivity index (χ0v) is 20.0. The minimum atomic E-state index is -0.852. The van der Waals surface area contributed by atoms with E-state index in [-0.39, 0.29) is 29.7 Å². The molecule has 1 heterocycles. The minimum Gasteiger partial charge on any atom is -0.440 e. The van der Waals surface area contributed by atoms with E-state index in [4.69, 9.17) is 27.3 Å². The van der Waals surface area contributed by atoms with Crippen molar-refractivity contribution in [1.82, 2.24) is 14.9 Å². The number of nitrogens with two attached hydrogens (primary N) is 3. The van der Waals surface area contributed by atoms with Gasteiger partial charge in [0.05, 0.1) is 0 Å². The highest BCUT2D eigenvalue weighted by Gasteiger charge is 2.20. The molecule has 3 rings (SSSR count). The number of benzene rings is 2. The van der Waals surface area contributed by atoms with Crippen molar-refractivity contribution in [2.45, 2.75) is 20.0 Å². The molecular formula is C24H29FN8O3. The predicted molar refractivity (Wildman–Crippen MR) is 137 cm³/mol. The number of hydrazine groups is 1. The second-order valence-electron chi connectivity index (χ2n) is 8.05. The van der Waals surface area contributed by atoms with Crippen molar-refractivity contribution >= 4 is 28.8 Å². The molecule has 12 heteroatoms. The summed E-state index contributed by atoms with van der Waals surface area (Å²) in [6.07, 6.45) is 0. The average Bonchev–Trinajstić information content (AvgIpc) is 2.82. The quantitative estimate of drug-likeness (QED) is 0.106. The molecule has 0 fully saturated rings. The summed E-state index contributed by atoms with van der Waals surface area (Å²) in [6, 6.07) is 12.2. The fourth-order valence-electron chi connectivity index (χ4n) is 3.23. The van der Waals surface area contributed by atoms with Gasteiger partial charge in [-0.05, 0) is 11.6 Å². The molecular weight excluding hydrogens is 467 g/mol. The predicted octanol–water partition coefficient (Wildman–Crippen LogP) is 1.82. The Bertz CT molecular complexity index is 1300. The van der Waals surface area contributed by atoms with E-state index in [1.165, 1.54) is 23.2 Å². The van der Waals surface area contributed by atoms with Crippen molar-refractivity contribution < 1.29 is 13.9 Å². The number of nitrogens with one attached hydrogen (secondary N) is 3. The maximum absolute atomic E-state index is 14.9. The lowest BCUT2D eigenvalue weighted by atomic mass is 10.1. The van der Waals surface area contributed by atoms with Crippen molar-refractivity contribution in [3.8, 4) is 11.6 Å². The molecule has 36 heavy (non-hydrogen) atoms. The van der Waals surface area contributed by atoms with Gasteiger partial charge in [0.15, 0.2) is 11.5 Å². The Hall–Kier alpha value is -4.58. The molecule has 0 saturated carbocycles. The second-order valence-corrected chi connectivity index (χ2v) is 8.05. The van der Waals surface area contributed by atoms with Crippen LogP contribution >= 0.6 is 0 Å². The van der Waals surface area contributed by atoms with Crippen LogP contribution < -0.4 is 38.2 Å². The smallest absolute Gasteiger partial charge is 0.281 e. The third-order valence-electron chi connectivity index (χ3n) is 5.22. The number of nitrogens with zero attached hydrogens (tertiary/aromatic N) is 2. The van der Waals surface area contributed by atoms with E-state index in [1.54, 1.807) is 31.3 Å². The molecule has 0 saturated heterocycles. The van der Waals surface area contributed by atoms with Crippen LogP contribution in [0, 0.1) is 11.2 Å². The summed E-state index contributed by atoms with van der Waals surface area (Å²) in [7, 11) is 1.65. The first kappa shape index (κ1) is 26.0. The number of hydrogen-bond acceptors (Lipinski definition) is 8. The number of pyridine rings is 1. The highest BCUT2D eigenvalue weighted by Crippen LogP contribution is 2.27. The van der Waals surface area contributed by atoms with Crippen molar-refractivity contribution in [3.63, 3.8) is 0 Å². The van der Waals surface area contributed by atoms with Crippen molar-refractivity contribution in [3.05, 3.63) is 75.8 Å². The first-order valence-corrected chi connectivity index (χ1v) is 11.0. The number of carbonyl (C=O) groups is 1. The molecule has 2 aromatic carbocycles. The van der Waals surface area contributed by atoms with Gasteiger partial charge in [-0.1, -0.05) is 31.2 Å². The first-order valence-electron chi connectivity index (χ1n) is 11.0. The zero-order valence-electron chi connectivity index (χ0n) is 20.0. The molecule has 1 aromatic heterocycles. The van der Waals surface area contributed by atoms with Gasteiger partial charge in [0.1, 0.15) is 18.1 Å². The van der Waals surface area contributed by atoms with Gasteiger partial charge in [-0.25, -0.2) is 9.40 Å². The van der Waals surface area contributed by atoms with Crippen LogP contribution in [0.2, 0.25) is 0 Å². The molecule has 11 nitrogen and oxygen atoms in total. The number of aromatic nitrogens is 1. The van der Waals surface area contributed by atoms with E-state index in [9.17, 15) is 14.0 Å². The summed E-state index contributed by atoms with van der Waals surface area (Å²) in [5, 5.41) is 11.7. The third kappa shape index (κ3) is 6.51.